The third-order valence-corrected chi connectivity index (χ3v) is 3.78. The molecule has 4 nitrogen and oxygen atoms in total. The number of nitrogens with two attached hydrogens (primary N) is 1. The Morgan fingerprint density at radius 2 is 2.06 bits per heavy atom. The molecular formula is C12H21N3O. The minimum Gasteiger partial charge on any atom is -0.337 e. The molecule has 0 bridgehead atoms. The van der Waals surface area contributed by atoms with Crippen molar-refractivity contribution in [3.63, 3.8) is 0 Å². The molecule has 0 amide bonds. The minimum absolute atomic E-state index is 0.369. The Morgan fingerprint density at radius 1 is 1.38 bits per heavy atom. The van der Waals surface area contributed by atoms with Crippen LogP contribution in [0.2, 0.25) is 0 Å². The first kappa shape index (κ1) is 11.6. The van der Waals surface area contributed by atoms with E-state index in [2.05, 4.69) is 17.1 Å². The summed E-state index contributed by atoms with van der Waals surface area (Å²) in [6.45, 7) is 4.27. The molecule has 2 rings (SSSR count). The molecular weight excluding hydrogens is 202 g/mol. The number of nitrogens with zero attached hydrogens (tertiary/aromatic N) is 2. The number of rotatable bonds is 3. The summed E-state index contributed by atoms with van der Waals surface area (Å²) in [6.07, 6.45) is 6.35. The summed E-state index contributed by atoms with van der Waals surface area (Å²) in [5.41, 5.74) is 6.00. The van der Waals surface area contributed by atoms with Gasteiger partial charge >= 0.3 is 0 Å². The maximum Gasteiger partial charge on any atom is 0.246 e. The van der Waals surface area contributed by atoms with Gasteiger partial charge in [-0.3, -0.25) is 0 Å². The lowest BCUT2D eigenvalue weighted by atomic mass is 9.76. The molecule has 1 aliphatic carbocycles. The molecule has 1 aliphatic rings. The Hall–Kier alpha value is -0.900. The lowest BCUT2D eigenvalue weighted by Crippen LogP contribution is -2.40. The lowest BCUT2D eigenvalue weighted by molar-refractivity contribution is 0.181. The summed E-state index contributed by atoms with van der Waals surface area (Å²) in [6, 6.07) is 0. The average Bonchev–Trinajstić information content (AvgIpc) is 2.79. The zero-order valence-corrected chi connectivity index (χ0v) is 10.2. The second-order valence-corrected chi connectivity index (χ2v) is 4.88. The quantitative estimate of drug-likeness (QED) is 0.854. The Kier molecular flexibility index (Phi) is 3.28. The smallest absolute Gasteiger partial charge is 0.246 e. The molecule has 0 saturated heterocycles. The van der Waals surface area contributed by atoms with Crippen molar-refractivity contribution < 1.29 is 4.52 Å². The molecule has 0 spiro atoms. The van der Waals surface area contributed by atoms with E-state index in [1.165, 1.54) is 19.3 Å². The van der Waals surface area contributed by atoms with E-state index >= 15 is 0 Å². The lowest BCUT2D eigenvalue weighted by Gasteiger charge is -2.33. The van der Waals surface area contributed by atoms with Crippen LogP contribution in [-0.4, -0.2) is 10.1 Å². The van der Waals surface area contributed by atoms with E-state index in [9.17, 15) is 0 Å². The third kappa shape index (κ3) is 2.12. The molecule has 2 N–H and O–H groups in total. The number of aromatic nitrogens is 2. The molecule has 90 valence electrons. The maximum absolute atomic E-state index is 6.37. The predicted octanol–water partition coefficient (Wildman–Crippen LogP) is 2.39. The van der Waals surface area contributed by atoms with Crippen LogP contribution in [0.25, 0.3) is 0 Å². The number of aryl methyl sites for hydroxylation is 1. The van der Waals surface area contributed by atoms with Gasteiger partial charge in [0.05, 0.1) is 5.54 Å². The summed E-state index contributed by atoms with van der Waals surface area (Å²) in [5.74, 6) is 2.22. The SMILES string of the molecule is CCc1noc(C2(N)CCC(CC)CC2)n1. The second-order valence-electron chi connectivity index (χ2n) is 4.88. The van der Waals surface area contributed by atoms with Gasteiger partial charge in [0.2, 0.25) is 5.89 Å². The van der Waals surface area contributed by atoms with Gasteiger partial charge in [0.15, 0.2) is 5.82 Å². The molecule has 0 unspecified atom stereocenters. The summed E-state index contributed by atoms with van der Waals surface area (Å²) in [7, 11) is 0. The molecule has 0 radical (unpaired) electrons. The Labute approximate surface area is 96.6 Å². The van der Waals surface area contributed by atoms with Gasteiger partial charge < -0.3 is 10.3 Å². The number of hydrogen-bond donors (Lipinski definition) is 1. The van der Waals surface area contributed by atoms with Gasteiger partial charge in [0, 0.05) is 6.42 Å². The standard InChI is InChI=1S/C12H21N3O/c1-3-9-5-7-12(13,8-6-9)11-14-10(4-2)15-16-11/h9H,3-8,13H2,1-2H3. The normalized spacial score (nSPS) is 30.6. The van der Waals surface area contributed by atoms with Gasteiger partial charge in [-0.1, -0.05) is 25.4 Å². The van der Waals surface area contributed by atoms with Gasteiger partial charge in [-0.2, -0.15) is 4.98 Å². The van der Waals surface area contributed by atoms with E-state index in [4.69, 9.17) is 10.3 Å². The van der Waals surface area contributed by atoms with Crippen molar-refractivity contribution >= 4 is 0 Å². The van der Waals surface area contributed by atoms with Crippen LogP contribution < -0.4 is 5.73 Å². The molecule has 0 aliphatic heterocycles. The molecule has 4 heteroatoms. The van der Waals surface area contributed by atoms with Crippen molar-refractivity contribution in [1.82, 2.24) is 10.1 Å². The largest absolute Gasteiger partial charge is 0.337 e. The highest BCUT2D eigenvalue weighted by Gasteiger charge is 2.37. The van der Waals surface area contributed by atoms with E-state index in [1.54, 1.807) is 0 Å². The van der Waals surface area contributed by atoms with Crippen LogP contribution >= 0.6 is 0 Å². The molecule has 1 aromatic rings. The predicted molar refractivity (Wildman–Crippen MR) is 61.8 cm³/mol. The van der Waals surface area contributed by atoms with Crippen LogP contribution in [-0.2, 0) is 12.0 Å². The van der Waals surface area contributed by atoms with Crippen LogP contribution in [0.5, 0.6) is 0 Å². The first-order valence-corrected chi connectivity index (χ1v) is 6.30. The van der Waals surface area contributed by atoms with Gasteiger partial charge in [-0.15, -0.1) is 0 Å². The third-order valence-electron chi connectivity index (χ3n) is 3.78. The fraction of sp³-hybridized carbons (Fsp3) is 0.833. The highest BCUT2D eigenvalue weighted by Crippen LogP contribution is 2.37. The van der Waals surface area contributed by atoms with Gasteiger partial charge in [0.1, 0.15) is 0 Å². The minimum atomic E-state index is -0.369. The van der Waals surface area contributed by atoms with Crippen LogP contribution in [0.4, 0.5) is 0 Å². The van der Waals surface area contributed by atoms with E-state index < -0.39 is 0 Å². The topological polar surface area (TPSA) is 64.9 Å². The first-order chi connectivity index (χ1) is 7.68. The fourth-order valence-corrected chi connectivity index (χ4v) is 2.41. The van der Waals surface area contributed by atoms with Crippen LogP contribution in [0.15, 0.2) is 4.52 Å². The van der Waals surface area contributed by atoms with Crippen molar-refractivity contribution in [1.29, 1.82) is 0 Å². The van der Waals surface area contributed by atoms with E-state index in [1.807, 2.05) is 6.92 Å². The molecule has 1 heterocycles. The number of hydrogen-bond acceptors (Lipinski definition) is 4. The zero-order chi connectivity index (χ0) is 11.6. The fourth-order valence-electron chi connectivity index (χ4n) is 2.41. The van der Waals surface area contributed by atoms with Crippen molar-refractivity contribution in [2.24, 2.45) is 11.7 Å². The van der Waals surface area contributed by atoms with Crippen molar-refractivity contribution in [2.45, 2.75) is 57.9 Å². The first-order valence-electron chi connectivity index (χ1n) is 6.30. The zero-order valence-electron chi connectivity index (χ0n) is 10.2. The van der Waals surface area contributed by atoms with E-state index in [0.29, 0.717) is 5.89 Å². The Bertz CT molecular complexity index is 340. The Balaban J connectivity index is 2.08. The molecule has 0 aromatic carbocycles. The monoisotopic (exact) mass is 223 g/mol. The molecule has 0 atom stereocenters. The summed E-state index contributed by atoms with van der Waals surface area (Å²) in [5, 5.41) is 3.93. The molecule has 1 saturated carbocycles. The van der Waals surface area contributed by atoms with Gasteiger partial charge in [0.25, 0.3) is 0 Å². The van der Waals surface area contributed by atoms with Crippen LogP contribution in [0.1, 0.15) is 57.7 Å². The van der Waals surface area contributed by atoms with Gasteiger partial charge in [-0.05, 0) is 31.6 Å². The van der Waals surface area contributed by atoms with Crippen molar-refractivity contribution in [3.8, 4) is 0 Å². The average molecular weight is 223 g/mol. The summed E-state index contributed by atoms with van der Waals surface area (Å²) < 4.78 is 5.28. The van der Waals surface area contributed by atoms with E-state index in [0.717, 1.165) is 31.0 Å². The van der Waals surface area contributed by atoms with Crippen LogP contribution in [0.3, 0.4) is 0 Å². The molecule has 1 aromatic heterocycles. The highest BCUT2D eigenvalue weighted by molar-refractivity contribution is 5.04. The summed E-state index contributed by atoms with van der Waals surface area (Å²) >= 11 is 0. The van der Waals surface area contributed by atoms with Crippen LogP contribution in [0, 0.1) is 5.92 Å². The second kappa shape index (κ2) is 4.53. The Morgan fingerprint density at radius 3 is 2.56 bits per heavy atom. The van der Waals surface area contributed by atoms with Crippen molar-refractivity contribution in [3.05, 3.63) is 11.7 Å². The summed E-state index contributed by atoms with van der Waals surface area (Å²) in [4.78, 5) is 4.37. The van der Waals surface area contributed by atoms with Gasteiger partial charge in [-0.25, -0.2) is 0 Å². The molecule has 1 fully saturated rings. The maximum atomic E-state index is 6.37. The van der Waals surface area contributed by atoms with E-state index in [-0.39, 0.29) is 5.54 Å². The molecule has 16 heavy (non-hydrogen) atoms. The van der Waals surface area contributed by atoms with Crippen molar-refractivity contribution in [2.75, 3.05) is 0 Å². The highest BCUT2D eigenvalue weighted by atomic mass is 16.5.